The Morgan fingerprint density at radius 1 is 0.966 bits per heavy atom. The van der Waals surface area contributed by atoms with Gasteiger partial charge >= 0.3 is 0 Å². The molecule has 2 aliphatic heterocycles. The van der Waals surface area contributed by atoms with Crippen LogP contribution >= 0.6 is 0 Å². The molecule has 2 heterocycles. The molecule has 3 aliphatic rings. The molecule has 29 heavy (non-hydrogen) atoms. The Balaban J connectivity index is 1.35. The Bertz CT molecular complexity index is 891. The van der Waals surface area contributed by atoms with Crippen molar-refractivity contribution in [3.63, 3.8) is 0 Å². The van der Waals surface area contributed by atoms with Crippen molar-refractivity contribution in [2.45, 2.75) is 56.5 Å². The maximum atomic E-state index is 12.1. The van der Waals surface area contributed by atoms with E-state index in [0.29, 0.717) is 36.9 Å². The van der Waals surface area contributed by atoms with Crippen LogP contribution in [0.1, 0.15) is 59.5 Å². The van der Waals surface area contributed by atoms with Crippen LogP contribution in [0.5, 0.6) is 11.5 Å². The summed E-state index contributed by atoms with van der Waals surface area (Å²) in [6.45, 7) is 0.689. The van der Waals surface area contributed by atoms with Crippen LogP contribution in [0.4, 0.5) is 0 Å². The molecule has 152 valence electrons. The minimum absolute atomic E-state index is 0.248. The van der Waals surface area contributed by atoms with Crippen molar-refractivity contribution >= 4 is 5.78 Å². The Hall–Kier alpha value is -2.33. The predicted molar refractivity (Wildman–Crippen MR) is 113 cm³/mol. The Kier molecular flexibility index (Phi) is 5.04. The number of hydrogen-bond donors (Lipinski definition) is 1. The van der Waals surface area contributed by atoms with Gasteiger partial charge in [0.15, 0.2) is 5.78 Å². The number of Topliss-reactive ketones (excluding diaryl/α,β-unsaturated/α-hetero) is 1. The first-order valence-corrected chi connectivity index (χ1v) is 10.9. The minimum Gasteiger partial charge on any atom is -0.497 e. The van der Waals surface area contributed by atoms with Crippen molar-refractivity contribution < 1.29 is 14.3 Å². The SMILES string of the molecule is COc1ccc([C@H]2CC3CCC(C[C@@H]2COc2ccc4c(c2)C(=O)CC4)N3)cc1. The molecular formula is C25H29NO3. The number of carbonyl (C=O) groups is 1. The lowest BCUT2D eigenvalue weighted by atomic mass is 9.78. The van der Waals surface area contributed by atoms with Gasteiger partial charge in [-0.05, 0) is 73.4 Å². The molecule has 2 aromatic carbocycles. The molecule has 5 rings (SSSR count). The molecule has 2 saturated heterocycles. The first-order valence-electron chi connectivity index (χ1n) is 10.9. The third-order valence-electron chi connectivity index (χ3n) is 7.04. The molecule has 2 unspecified atom stereocenters. The van der Waals surface area contributed by atoms with Crippen LogP contribution in [0.15, 0.2) is 42.5 Å². The fourth-order valence-electron chi connectivity index (χ4n) is 5.46. The van der Waals surface area contributed by atoms with Crippen LogP contribution in [0, 0.1) is 5.92 Å². The summed E-state index contributed by atoms with van der Waals surface area (Å²) in [4.78, 5) is 12.1. The van der Waals surface area contributed by atoms with E-state index >= 15 is 0 Å². The average molecular weight is 392 g/mol. The summed E-state index contributed by atoms with van der Waals surface area (Å²) in [6.07, 6.45) is 6.33. The average Bonchev–Trinajstić information content (AvgIpc) is 3.29. The molecule has 4 nitrogen and oxygen atoms in total. The van der Waals surface area contributed by atoms with E-state index in [-0.39, 0.29) is 5.78 Å². The summed E-state index contributed by atoms with van der Waals surface area (Å²) < 4.78 is 11.6. The molecule has 4 heteroatoms. The monoisotopic (exact) mass is 391 g/mol. The van der Waals surface area contributed by atoms with Crippen LogP contribution in [-0.2, 0) is 6.42 Å². The predicted octanol–water partition coefficient (Wildman–Crippen LogP) is 4.52. The van der Waals surface area contributed by atoms with Gasteiger partial charge in [-0.25, -0.2) is 0 Å². The number of hydrogen-bond acceptors (Lipinski definition) is 4. The smallest absolute Gasteiger partial charge is 0.163 e. The van der Waals surface area contributed by atoms with Gasteiger partial charge in [0.25, 0.3) is 0 Å². The van der Waals surface area contributed by atoms with Crippen LogP contribution in [0.3, 0.4) is 0 Å². The largest absolute Gasteiger partial charge is 0.497 e. The molecule has 2 fully saturated rings. The standard InChI is InChI=1S/C25H29NO3/c1-28-21-8-2-16(3-9-21)23-13-20-7-6-19(26-20)12-18(23)15-29-22-10-4-17-5-11-25(27)24(17)14-22/h2-4,8-10,14,18-20,23,26H,5-7,11-13,15H2,1H3/t18-,19?,20?,23-/m1/s1. The van der Waals surface area contributed by atoms with Gasteiger partial charge in [-0.1, -0.05) is 18.2 Å². The maximum absolute atomic E-state index is 12.1. The highest BCUT2D eigenvalue weighted by Gasteiger charge is 2.37. The highest BCUT2D eigenvalue weighted by molar-refractivity contribution is 6.00. The van der Waals surface area contributed by atoms with E-state index in [4.69, 9.17) is 9.47 Å². The third-order valence-corrected chi connectivity index (χ3v) is 7.04. The maximum Gasteiger partial charge on any atom is 0.163 e. The zero-order valence-electron chi connectivity index (χ0n) is 17.0. The molecule has 0 aromatic heterocycles. The van der Waals surface area contributed by atoms with Gasteiger partial charge in [-0.3, -0.25) is 4.79 Å². The quantitative estimate of drug-likeness (QED) is 0.814. The van der Waals surface area contributed by atoms with E-state index in [2.05, 4.69) is 35.6 Å². The Morgan fingerprint density at radius 2 is 1.72 bits per heavy atom. The van der Waals surface area contributed by atoms with Crippen molar-refractivity contribution in [1.82, 2.24) is 5.32 Å². The van der Waals surface area contributed by atoms with Crippen LogP contribution in [0.25, 0.3) is 0 Å². The Morgan fingerprint density at radius 3 is 2.52 bits per heavy atom. The molecule has 1 N–H and O–H groups in total. The van der Waals surface area contributed by atoms with E-state index < -0.39 is 0 Å². The number of aryl methyl sites for hydroxylation is 1. The van der Waals surface area contributed by atoms with Gasteiger partial charge < -0.3 is 14.8 Å². The van der Waals surface area contributed by atoms with E-state index in [9.17, 15) is 4.79 Å². The lowest BCUT2D eigenvalue weighted by molar-refractivity contribution is 0.0994. The summed E-state index contributed by atoms with van der Waals surface area (Å²) in [5, 5.41) is 3.82. The highest BCUT2D eigenvalue weighted by Crippen LogP contribution is 2.40. The van der Waals surface area contributed by atoms with E-state index in [0.717, 1.165) is 41.9 Å². The molecule has 4 atom stereocenters. The van der Waals surface area contributed by atoms with Crippen molar-refractivity contribution in [2.24, 2.45) is 5.92 Å². The van der Waals surface area contributed by atoms with Gasteiger partial charge in [0.2, 0.25) is 0 Å². The number of carbonyl (C=O) groups excluding carboxylic acids is 1. The molecular weight excluding hydrogens is 362 g/mol. The fourth-order valence-corrected chi connectivity index (χ4v) is 5.46. The van der Waals surface area contributed by atoms with Gasteiger partial charge in [0.1, 0.15) is 11.5 Å². The van der Waals surface area contributed by atoms with E-state index in [1.54, 1.807) is 7.11 Å². The molecule has 0 amide bonds. The number of fused-ring (bicyclic) bond motifs is 3. The molecule has 0 spiro atoms. The van der Waals surface area contributed by atoms with Crippen molar-refractivity contribution in [2.75, 3.05) is 13.7 Å². The second kappa shape index (κ2) is 7.83. The van der Waals surface area contributed by atoms with E-state index in [1.807, 2.05) is 12.1 Å². The van der Waals surface area contributed by atoms with Crippen LogP contribution < -0.4 is 14.8 Å². The van der Waals surface area contributed by atoms with Gasteiger partial charge in [-0.2, -0.15) is 0 Å². The number of rotatable bonds is 5. The van der Waals surface area contributed by atoms with Gasteiger partial charge in [0, 0.05) is 30.0 Å². The first kappa shape index (κ1) is 18.7. The first-order chi connectivity index (χ1) is 14.2. The molecule has 0 radical (unpaired) electrons. The zero-order chi connectivity index (χ0) is 19.8. The summed E-state index contributed by atoms with van der Waals surface area (Å²) >= 11 is 0. The normalized spacial score (nSPS) is 28.1. The molecule has 0 saturated carbocycles. The van der Waals surface area contributed by atoms with E-state index in [1.165, 1.54) is 18.4 Å². The summed E-state index contributed by atoms with van der Waals surface area (Å²) in [7, 11) is 1.71. The zero-order valence-corrected chi connectivity index (χ0v) is 17.0. The molecule has 2 bridgehead atoms. The molecule has 2 aromatic rings. The summed E-state index contributed by atoms with van der Waals surface area (Å²) in [6, 6.07) is 15.8. The number of nitrogens with one attached hydrogen (secondary N) is 1. The van der Waals surface area contributed by atoms with Gasteiger partial charge in [0.05, 0.1) is 13.7 Å². The topological polar surface area (TPSA) is 47.6 Å². The fraction of sp³-hybridized carbons (Fsp3) is 0.480. The van der Waals surface area contributed by atoms with Gasteiger partial charge in [-0.15, -0.1) is 0 Å². The highest BCUT2D eigenvalue weighted by atomic mass is 16.5. The third kappa shape index (κ3) is 3.78. The van der Waals surface area contributed by atoms with Crippen molar-refractivity contribution in [3.8, 4) is 11.5 Å². The van der Waals surface area contributed by atoms with Crippen LogP contribution in [-0.4, -0.2) is 31.6 Å². The van der Waals surface area contributed by atoms with Crippen molar-refractivity contribution in [1.29, 1.82) is 0 Å². The molecule has 1 aliphatic carbocycles. The summed E-state index contributed by atoms with van der Waals surface area (Å²) in [5.74, 6) is 2.90. The second-order valence-electron chi connectivity index (χ2n) is 8.80. The number of ketones is 1. The lowest BCUT2D eigenvalue weighted by Gasteiger charge is -2.29. The second-order valence-corrected chi connectivity index (χ2v) is 8.80. The summed E-state index contributed by atoms with van der Waals surface area (Å²) in [5.41, 5.74) is 3.39. The lowest BCUT2D eigenvalue weighted by Crippen LogP contribution is -2.27. The Labute approximate surface area is 172 Å². The minimum atomic E-state index is 0.248. The van der Waals surface area contributed by atoms with Crippen LogP contribution in [0.2, 0.25) is 0 Å². The van der Waals surface area contributed by atoms with Crippen molar-refractivity contribution in [3.05, 3.63) is 59.2 Å². The number of benzene rings is 2. The number of methoxy groups -OCH3 is 1. The number of ether oxygens (including phenoxy) is 2.